The summed E-state index contributed by atoms with van der Waals surface area (Å²) in [5, 5.41) is 4.81. The fraction of sp³-hybridized carbons (Fsp3) is 0.353. The van der Waals surface area contributed by atoms with Gasteiger partial charge in [0, 0.05) is 28.9 Å². The summed E-state index contributed by atoms with van der Waals surface area (Å²) in [6.45, 7) is 5.31. The molecule has 1 unspecified atom stereocenters. The van der Waals surface area contributed by atoms with Crippen LogP contribution in [0, 0.1) is 13.8 Å². The lowest BCUT2D eigenvalue weighted by molar-refractivity contribution is -0.145. The molecule has 122 valence electrons. The number of Topliss-reactive ketones (excluding diaryl/α,β-unsaturated/α-hetero) is 1. The third kappa shape index (κ3) is 3.99. The standard InChI is InChI=1S/C17H19ClN2O3/c1-10-15(11(2)20(4)19-10)9-16(21)23-12(3)17(22)13-5-7-14(18)8-6-13/h5-8,12H,9H2,1-4H3. The van der Waals surface area contributed by atoms with E-state index in [4.69, 9.17) is 16.3 Å². The van der Waals surface area contributed by atoms with Gasteiger partial charge in [0.25, 0.3) is 0 Å². The van der Waals surface area contributed by atoms with Crippen molar-refractivity contribution < 1.29 is 14.3 Å². The van der Waals surface area contributed by atoms with Gasteiger partial charge < -0.3 is 4.74 Å². The van der Waals surface area contributed by atoms with E-state index >= 15 is 0 Å². The summed E-state index contributed by atoms with van der Waals surface area (Å²) in [6, 6.07) is 6.49. The lowest BCUT2D eigenvalue weighted by Crippen LogP contribution is -2.25. The number of aryl methyl sites for hydroxylation is 2. The van der Waals surface area contributed by atoms with E-state index in [-0.39, 0.29) is 12.2 Å². The smallest absolute Gasteiger partial charge is 0.311 e. The van der Waals surface area contributed by atoms with Gasteiger partial charge in [0.15, 0.2) is 6.10 Å². The molecule has 1 aromatic heterocycles. The second kappa shape index (κ2) is 6.96. The number of benzene rings is 1. The number of carbonyl (C=O) groups excluding carboxylic acids is 2. The first-order valence-electron chi connectivity index (χ1n) is 7.28. The SMILES string of the molecule is Cc1nn(C)c(C)c1CC(=O)OC(C)C(=O)c1ccc(Cl)cc1. The molecule has 0 saturated carbocycles. The largest absolute Gasteiger partial charge is 0.454 e. The number of halogens is 1. The van der Waals surface area contributed by atoms with Gasteiger partial charge in [-0.25, -0.2) is 0 Å². The molecule has 0 aliphatic carbocycles. The molecule has 0 aliphatic heterocycles. The lowest BCUT2D eigenvalue weighted by Gasteiger charge is -2.12. The summed E-state index contributed by atoms with van der Waals surface area (Å²) in [6.07, 6.45) is -0.745. The maximum atomic E-state index is 12.2. The molecule has 1 aromatic carbocycles. The minimum Gasteiger partial charge on any atom is -0.454 e. The number of ether oxygens (including phenoxy) is 1. The van der Waals surface area contributed by atoms with Crippen molar-refractivity contribution in [3.63, 3.8) is 0 Å². The van der Waals surface area contributed by atoms with E-state index in [0.29, 0.717) is 10.6 Å². The Bertz CT molecular complexity index is 735. The highest BCUT2D eigenvalue weighted by atomic mass is 35.5. The molecular formula is C17H19ClN2O3. The Labute approximate surface area is 140 Å². The van der Waals surface area contributed by atoms with Crippen molar-refractivity contribution in [3.8, 4) is 0 Å². The van der Waals surface area contributed by atoms with Gasteiger partial charge in [-0.15, -0.1) is 0 Å². The van der Waals surface area contributed by atoms with Crippen LogP contribution in [0.4, 0.5) is 0 Å². The number of ketones is 1. The van der Waals surface area contributed by atoms with E-state index < -0.39 is 12.1 Å². The zero-order chi connectivity index (χ0) is 17.1. The van der Waals surface area contributed by atoms with Gasteiger partial charge in [-0.05, 0) is 45.0 Å². The van der Waals surface area contributed by atoms with Crippen LogP contribution < -0.4 is 0 Å². The van der Waals surface area contributed by atoms with Crippen molar-refractivity contribution in [2.45, 2.75) is 33.3 Å². The minimum atomic E-state index is -0.846. The molecule has 0 aliphatic rings. The van der Waals surface area contributed by atoms with Gasteiger partial charge in [0.2, 0.25) is 5.78 Å². The number of hydrogen-bond acceptors (Lipinski definition) is 4. The van der Waals surface area contributed by atoms with Crippen LogP contribution in [0.25, 0.3) is 0 Å². The van der Waals surface area contributed by atoms with Crippen LogP contribution in [0.15, 0.2) is 24.3 Å². The topological polar surface area (TPSA) is 61.2 Å². The Kier molecular flexibility index (Phi) is 5.21. The molecule has 6 heteroatoms. The molecule has 0 bridgehead atoms. The maximum absolute atomic E-state index is 12.2. The Morgan fingerprint density at radius 2 is 1.87 bits per heavy atom. The molecule has 2 rings (SSSR count). The summed E-state index contributed by atoms with van der Waals surface area (Å²) >= 11 is 5.80. The van der Waals surface area contributed by atoms with Crippen molar-refractivity contribution in [3.05, 3.63) is 51.8 Å². The van der Waals surface area contributed by atoms with Crippen LogP contribution in [0.5, 0.6) is 0 Å². The van der Waals surface area contributed by atoms with E-state index in [1.807, 2.05) is 20.9 Å². The molecule has 0 fully saturated rings. The predicted molar refractivity (Wildman–Crippen MR) is 87.7 cm³/mol. The highest BCUT2D eigenvalue weighted by molar-refractivity contribution is 6.30. The Morgan fingerprint density at radius 3 is 2.39 bits per heavy atom. The molecule has 0 N–H and O–H groups in total. The van der Waals surface area contributed by atoms with Crippen LogP contribution in [0.1, 0.15) is 34.2 Å². The van der Waals surface area contributed by atoms with Crippen LogP contribution in [-0.2, 0) is 23.0 Å². The highest BCUT2D eigenvalue weighted by Crippen LogP contribution is 2.15. The van der Waals surface area contributed by atoms with Crippen LogP contribution in [0.3, 0.4) is 0 Å². The van der Waals surface area contributed by atoms with Crippen molar-refractivity contribution in [2.24, 2.45) is 7.05 Å². The molecule has 0 amide bonds. The Hall–Kier alpha value is -2.14. The van der Waals surface area contributed by atoms with Gasteiger partial charge in [-0.1, -0.05) is 11.6 Å². The van der Waals surface area contributed by atoms with Crippen molar-refractivity contribution in [1.29, 1.82) is 0 Å². The molecule has 1 heterocycles. The number of rotatable bonds is 5. The van der Waals surface area contributed by atoms with Crippen molar-refractivity contribution in [2.75, 3.05) is 0 Å². The van der Waals surface area contributed by atoms with Crippen LogP contribution >= 0.6 is 11.6 Å². The van der Waals surface area contributed by atoms with E-state index in [1.54, 1.807) is 35.9 Å². The van der Waals surface area contributed by atoms with Crippen molar-refractivity contribution in [1.82, 2.24) is 9.78 Å². The van der Waals surface area contributed by atoms with Crippen LogP contribution in [-0.4, -0.2) is 27.6 Å². The quantitative estimate of drug-likeness (QED) is 0.623. The Morgan fingerprint density at radius 1 is 1.26 bits per heavy atom. The van der Waals surface area contributed by atoms with E-state index in [9.17, 15) is 9.59 Å². The first-order chi connectivity index (χ1) is 10.8. The second-order valence-corrected chi connectivity index (χ2v) is 5.89. The van der Waals surface area contributed by atoms with E-state index in [2.05, 4.69) is 5.10 Å². The third-order valence-electron chi connectivity index (χ3n) is 3.79. The fourth-order valence-electron chi connectivity index (χ4n) is 2.36. The second-order valence-electron chi connectivity index (χ2n) is 5.45. The maximum Gasteiger partial charge on any atom is 0.311 e. The summed E-state index contributed by atoms with van der Waals surface area (Å²) in [7, 11) is 1.82. The van der Waals surface area contributed by atoms with Gasteiger partial charge in [0.05, 0.1) is 12.1 Å². The monoisotopic (exact) mass is 334 g/mol. The molecule has 1 atom stereocenters. The van der Waals surface area contributed by atoms with Gasteiger partial charge in [-0.3, -0.25) is 14.3 Å². The van der Waals surface area contributed by atoms with Crippen LogP contribution in [0.2, 0.25) is 5.02 Å². The lowest BCUT2D eigenvalue weighted by atomic mass is 10.1. The number of carbonyl (C=O) groups is 2. The number of hydrogen-bond donors (Lipinski definition) is 0. The normalized spacial score (nSPS) is 12.0. The zero-order valence-electron chi connectivity index (χ0n) is 13.6. The first kappa shape index (κ1) is 17.2. The minimum absolute atomic E-state index is 0.101. The Balaban J connectivity index is 2.02. The summed E-state index contributed by atoms with van der Waals surface area (Å²) in [4.78, 5) is 24.3. The molecule has 0 spiro atoms. The molecule has 5 nitrogen and oxygen atoms in total. The summed E-state index contributed by atoms with van der Waals surface area (Å²) in [5.41, 5.74) is 3.00. The van der Waals surface area contributed by atoms with Gasteiger partial charge in [-0.2, -0.15) is 5.10 Å². The highest BCUT2D eigenvalue weighted by Gasteiger charge is 2.21. The van der Waals surface area contributed by atoms with Gasteiger partial charge in [0.1, 0.15) is 0 Å². The molecule has 23 heavy (non-hydrogen) atoms. The number of aromatic nitrogens is 2. The average molecular weight is 335 g/mol. The molecular weight excluding hydrogens is 316 g/mol. The number of esters is 1. The fourth-order valence-corrected chi connectivity index (χ4v) is 2.48. The molecule has 2 aromatic rings. The molecule has 0 saturated heterocycles. The van der Waals surface area contributed by atoms with Crippen molar-refractivity contribution >= 4 is 23.4 Å². The summed E-state index contributed by atoms with van der Waals surface area (Å²) < 4.78 is 6.98. The van der Waals surface area contributed by atoms with Gasteiger partial charge >= 0.3 is 5.97 Å². The summed E-state index contributed by atoms with van der Waals surface area (Å²) in [5.74, 6) is -0.700. The predicted octanol–water partition coefficient (Wildman–Crippen LogP) is 3.05. The average Bonchev–Trinajstić information content (AvgIpc) is 2.73. The third-order valence-corrected chi connectivity index (χ3v) is 4.04. The number of nitrogens with zero attached hydrogens (tertiary/aromatic N) is 2. The zero-order valence-corrected chi connectivity index (χ0v) is 14.3. The molecule has 0 radical (unpaired) electrons. The van der Waals surface area contributed by atoms with E-state index in [0.717, 1.165) is 17.0 Å². The first-order valence-corrected chi connectivity index (χ1v) is 7.65. The van der Waals surface area contributed by atoms with E-state index in [1.165, 1.54) is 0 Å².